The molecule has 2 rings (SSSR count). The molecule has 2 saturated heterocycles. The van der Waals surface area contributed by atoms with E-state index in [1.807, 2.05) is 4.90 Å². The number of rotatable bonds is 6. The third kappa shape index (κ3) is 3.93. The summed E-state index contributed by atoms with van der Waals surface area (Å²) in [5, 5.41) is 0. The van der Waals surface area contributed by atoms with Crippen LogP contribution in [0.5, 0.6) is 0 Å². The van der Waals surface area contributed by atoms with Crippen LogP contribution in [-0.2, 0) is 9.53 Å². The van der Waals surface area contributed by atoms with Gasteiger partial charge in [-0.15, -0.1) is 0 Å². The van der Waals surface area contributed by atoms with Gasteiger partial charge >= 0.3 is 0 Å². The van der Waals surface area contributed by atoms with Gasteiger partial charge in [-0.05, 0) is 38.8 Å². The summed E-state index contributed by atoms with van der Waals surface area (Å²) in [6.45, 7) is 8.48. The minimum atomic E-state index is 0.101. The van der Waals surface area contributed by atoms with Crippen molar-refractivity contribution in [2.24, 2.45) is 11.7 Å². The van der Waals surface area contributed by atoms with E-state index in [0.717, 1.165) is 65.1 Å². The third-order valence-electron chi connectivity index (χ3n) is 4.54. The number of nitrogens with zero attached hydrogens (tertiary/aromatic N) is 2. The van der Waals surface area contributed by atoms with Gasteiger partial charge in [-0.2, -0.15) is 0 Å². The van der Waals surface area contributed by atoms with E-state index in [4.69, 9.17) is 10.5 Å². The fraction of sp³-hybridized carbons (Fsp3) is 0.933. The zero-order valence-corrected chi connectivity index (χ0v) is 12.7. The Kier molecular flexibility index (Phi) is 6.26. The molecule has 2 aliphatic heterocycles. The summed E-state index contributed by atoms with van der Waals surface area (Å²) in [7, 11) is 0. The van der Waals surface area contributed by atoms with Crippen molar-refractivity contribution in [3.05, 3.63) is 0 Å². The SMILES string of the molecule is CCC1OCCC1C(=O)N1CCN(CCCCN)CC1. The topological polar surface area (TPSA) is 58.8 Å². The normalized spacial score (nSPS) is 28.0. The number of hydrogen-bond donors (Lipinski definition) is 1. The van der Waals surface area contributed by atoms with E-state index < -0.39 is 0 Å². The van der Waals surface area contributed by atoms with Crippen LogP contribution in [0.3, 0.4) is 0 Å². The number of hydrogen-bond acceptors (Lipinski definition) is 4. The Bertz CT molecular complexity index is 303. The monoisotopic (exact) mass is 283 g/mol. The molecule has 0 radical (unpaired) electrons. The van der Waals surface area contributed by atoms with Gasteiger partial charge in [0.05, 0.1) is 12.0 Å². The lowest BCUT2D eigenvalue weighted by atomic mass is 9.97. The number of amides is 1. The summed E-state index contributed by atoms with van der Waals surface area (Å²) in [5.74, 6) is 0.416. The van der Waals surface area contributed by atoms with Crippen LogP contribution in [-0.4, -0.2) is 67.7 Å². The summed E-state index contributed by atoms with van der Waals surface area (Å²) in [4.78, 5) is 17.0. The van der Waals surface area contributed by atoms with Crippen molar-refractivity contribution in [3.8, 4) is 0 Å². The smallest absolute Gasteiger partial charge is 0.228 e. The first-order valence-electron chi connectivity index (χ1n) is 8.09. The molecule has 2 aliphatic rings. The predicted octanol–water partition coefficient (Wildman–Crippen LogP) is 0.685. The molecule has 0 aromatic heterocycles. The van der Waals surface area contributed by atoms with Crippen LogP contribution in [0.15, 0.2) is 0 Å². The number of carbonyl (C=O) groups excluding carboxylic acids is 1. The molecule has 5 heteroatoms. The molecule has 2 atom stereocenters. The van der Waals surface area contributed by atoms with Crippen molar-refractivity contribution in [3.63, 3.8) is 0 Å². The average Bonchev–Trinajstić information content (AvgIpc) is 2.96. The largest absolute Gasteiger partial charge is 0.377 e. The highest BCUT2D eigenvalue weighted by Crippen LogP contribution is 2.25. The highest BCUT2D eigenvalue weighted by Gasteiger charge is 2.36. The Hall–Kier alpha value is -0.650. The molecule has 2 heterocycles. The van der Waals surface area contributed by atoms with E-state index in [1.54, 1.807) is 0 Å². The van der Waals surface area contributed by atoms with Gasteiger partial charge in [0.25, 0.3) is 0 Å². The lowest BCUT2D eigenvalue weighted by Crippen LogP contribution is -2.51. The minimum absolute atomic E-state index is 0.101. The van der Waals surface area contributed by atoms with Crippen LogP contribution in [0.2, 0.25) is 0 Å². The van der Waals surface area contributed by atoms with Crippen LogP contribution in [0.25, 0.3) is 0 Å². The van der Waals surface area contributed by atoms with Crippen LogP contribution in [0.4, 0.5) is 0 Å². The Morgan fingerprint density at radius 2 is 2.00 bits per heavy atom. The van der Waals surface area contributed by atoms with E-state index >= 15 is 0 Å². The molecule has 0 aromatic carbocycles. The standard InChI is InChI=1S/C15H29N3O2/c1-2-14-13(5-12-20-14)15(19)18-10-8-17(9-11-18)7-4-3-6-16/h13-14H,2-12,16H2,1H3. The number of carbonyl (C=O) groups is 1. The van der Waals surface area contributed by atoms with Gasteiger partial charge in [0, 0.05) is 32.8 Å². The molecule has 0 saturated carbocycles. The number of nitrogens with two attached hydrogens (primary N) is 1. The number of unbranched alkanes of at least 4 members (excludes halogenated alkanes) is 1. The van der Waals surface area contributed by atoms with Gasteiger partial charge in [0.2, 0.25) is 5.91 Å². The third-order valence-corrected chi connectivity index (χ3v) is 4.54. The summed E-state index contributed by atoms with van der Waals surface area (Å²) in [6, 6.07) is 0. The van der Waals surface area contributed by atoms with Crippen molar-refractivity contribution in [2.75, 3.05) is 45.9 Å². The van der Waals surface area contributed by atoms with Crippen molar-refractivity contribution >= 4 is 5.91 Å². The summed E-state index contributed by atoms with van der Waals surface area (Å²) >= 11 is 0. The van der Waals surface area contributed by atoms with Crippen molar-refractivity contribution in [2.45, 2.75) is 38.7 Å². The van der Waals surface area contributed by atoms with Crippen molar-refractivity contribution < 1.29 is 9.53 Å². The van der Waals surface area contributed by atoms with Crippen LogP contribution in [0.1, 0.15) is 32.6 Å². The molecular weight excluding hydrogens is 254 g/mol. The molecule has 0 aromatic rings. The van der Waals surface area contributed by atoms with Crippen molar-refractivity contribution in [1.29, 1.82) is 0 Å². The maximum absolute atomic E-state index is 12.5. The molecule has 116 valence electrons. The Morgan fingerprint density at radius 3 is 2.65 bits per heavy atom. The fourth-order valence-electron chi connectivity index (χ4n) is 3.24. The molecular formula is C15H29N3O2. The molecule has 1 amide bonds. The lowest BCUT2D eigenvalue weighted by molar-refractivity contribution is -0.139. The Labute approximate surface area is 122 Å². The van der Waals surface area contributed by atoms with E-state index in [2.05, 4.69) is 11.8 Å². The predicted molar refractivity (Wildman–Crippen MR) is 79.4 cm³/mol. The molecule has 5 nitrogen and oxygen atoms in total. The second-order valence-corrected chi connectivity index (χ2v) is 5.88. The molecule has 0 bridgehead atoms. The van der Waals surface area contributed by atoms with E-state index in [0.29, 0.717) is 5.91 Å². The van der Waals surface area contributed by atoms with Gasteiger partial charge in [-0.3, -0.25) is 9.69 Å². The first kappa shape index (κ1) is 15.7. The lowest BCUT2D eigenvalue weighted by Gasteiger charge is -2.36. The first-order valence-corrected chi connectivity index (χ1v) is 8.09. The first-order chi connectivity index (χ1) is 9.76. The summed E-state index contributed by atoms with van der Waals surface area (Å²) < 4.78 is 5.64. The van der Waals surface area contributed by atoms with Gasteiger partial charge in [0.15, 0.2) is 0 Å². The zero-order valence-electron chi connectivity index (χ0n) is 12.7. The zero-order chi connectivity index (χ0) is 14.4. The molecule has 20 heavy (non-hydrogen) atoms. The molecule has 2 N–H and O–H groups in total. The molecule has 0 aliphatic carbocycles. The molecule has 2 unspecified atom stereocenters. The Balaban J connectivity index is 1.74. The fourth-order valence-corrected chi connectivity index (χ4v) is 3.24. The van der Waals surface area contributed by atoms with E-state index in [-0.39, 0.29) is 12.0 Å². The number of ether oxygens (including phenoxy) is 1. The molecule has 2 fully saturated rings. The highest BCUT2D eigenvalue weighted by atomic mass is 16.5. The van der Waals surface area contributed by atoms with Crippen LogP contribution < -0.4 is 5.73 Å². The van der Waals surface area contributed by atoms with Gasteiger partial charge < -0.3 is 15.4 Å². The van der Waals surface area contributed by atoms with Gasteiger partial charge in [0.1, 0.15) is 0 Å². The van der Waals surface area contributed by atoms with E-state index in [9.17, 15) is 4.79 Å². The average molecular weight is 283 g/mol. The second kappa shape index (κ2) is 7.96. The Morgan fingerprint density at radius 1 is 1.25 bits per heavy atom. The molecule has 0 spiro atoms. The minimum Gasteiger partial charge on any atom is -0.377 e. The second-order valence-electron chi connectivity index (χ2n) is 5.88. The highest BCUT2D eigenvalue weighted by molar-refractivity contribution is 5.79. The van der Waals surface area contributed by atoms with Crippen LogP contribution >= 0.6 is 0 Å². The summed E-state index contributed by atoms with van der Waals surface area (Å²) in [5.41, 5.74) is 5.52. The maximum atomic E-state index is 12.5. The van der Waals surface area contributed by atoms with Gasteiger partial charge in [-0.25, -0.2) is 0 Å². The van der Waals surface area contributed by atoms with E-state index in [1.165, 1.54) is 6.42 Å². The van der Waals surface area contributed by atoms with Crippen molar-refractivity contribution in [1.82, 2.24) is 9.80 Å². The summed E-state index contributed by atoms with van der Waals surface area (Å²) in [6.07, 6.45) is 4.24. The van der Waals surface area contributed by atoms with Gasteiger partial charge in [-0.1, -0.05) is 6.92 Å². The maximum Gasteiger partial charge on any atom is 0.228 e. The van der Waals surface area contributed by atoms with Crippen LogP contribution in [0, 0.1) is 5.92 Å². The quantitative estimate of drug-likeness (QED) is 0.729. The number of piperazine rings is 1.